The van der Waals surface area contributed by atoms with E-state index in [1.165, 1.54) is 0 Å². The highest BCUT2D eigenvalue weighted by Crippen LogP contribution is 2.19. The number of nitrogens with zero attached hydrogens (tertiary/aromatic N) is 1. The van der Waals surface area contributed by atoms with E-state index in [2.05, 4.69) is 10.3 Å². The summed E-state index contributed by atoms with van der Waals surface area (Å²) in [7, 11) is 0. The van der Waals surface area contributed by atoms with Crippen molar-refractivity contribution in [1.29, 1.82) is 0 Å². The highest BCUT2D eigenvalue weighted by atomic mass is 19.1. The van der Waals surface area contributed by atoms with Crippen molar-refractivity contribution in [2.24, 2.45) is 0 Å². The molecule has 2 N–H and O–H groups in total. The van der Waals surface area contributed by atoms with Crippen LogP contribution in [-0.2, 0) is 0 Å². The van der Waals surface area contributed by atoms with Gasteiger partial charge in [0.15, 0.2) is 11.6 Å². The average molecular weight is 216 g/mol. The number of hydrogen-bond acceptors (Lipinski definition) is 3. The third-order valence-corrected chi connectivity index (χ3v) is 2.36. The van der Waals surface area contributed by atoms with E-state index in [0.29, 0.717) is 6.42 Å². The lowest BCUT2D eigenvalue weighted by Crippen LogP contribution is -2.38. The van der Waals surface area contributed by atoms with Crippen LogP contribution < -0.4 is 5.32 Å². The van der Waals surface area contributed by atoms with E-state index >= 15 is 0 Å². The van der Waals surface area contributed by atoms with Crippen LogP contribution in [0.5, 0.6) is 0 Å². The number of aliphatic hydroxyl groups is 1. The number of anilines is 1. The smallest absolute Gasteiger partial charge is 0.168 e. The van der Waals surface area contributed by atoms with Gasteiger partial charge in [0.25, 0.3) is 0 Å². The summed E-state index contributed by atoms with van der Waals surface area (Å²) in [5.74, 6) is -1.53. The standard InChI is InChI=1S/C10H14F2N2O/c1-3-10(2,6-15)14-9-8(12)4-7(11)5-13-9/h4-5,15H,3,6H2,1-2H3,(H,13,14). The average Bonchev–Trinajstić information content (AvgIpc) is 2.22. The van der Waals surface area contributed by atoms with Crippen molar-refractivity contribution < 1.29 is 13.9 Å². The molecule has 1 atom stereocenters. The maximum Gasteiger partial charge on any atom is 0.168 e. The van der Waals surface area contributed by atoms with E-state index in [9.17, 15) is 8.78 Å². The zero-order valence-corrected chi connectivity index (χ0v) is 8.72. The van der Waals surface area contributed by atoms with E-state index in [4.69, 9.17) is 5.11 Å². The Balaban J connectivity index is 2.89. The second-order valence-electron chi connectivity index (χ2n) is 3.68. The SMILES string of the molecule is CCC(C)(CO)Nc1ncc(F)cc1F. The Bertz CT molecular complexity index is 340. The zero-order chi connectivity index (χ0) is 11.5. The predicted molar refractivity (Wildman–Crippen MR) is 53.6 cm³/mol. The summed E-state index contributed by atoms with van der Waals surface area (Å²) in [4.78, 5) is 3.59. The van der Waals surface area contributed by atoms with Gasteiger partial charge in [-0.3, -0.25) is 0 Å². The lowest BCUT2D eigenvalue weighted by atomic mass is 10.0. The van der Waals surface area contributed by atoms with Crippen LogP contribution in [0.4, 0.5) is 14.6 Å². The highest BCUT2D eigenvalue weighted by molar-refractivity contribution is 5.38. The predicted octanol–water partition coefficient (Wildman–Crippen LogP) is 1.93. The number of aliphatic hydroxyl groups excluding tert-OH is 1. The van der Waals surface area contributed by atoms with Crippen LogP contribution in [0.1, 0.15) is 20.3 Å². The van der Waals surface area contributed by atoms with Gasteiger partial charge >= 0.3 is 0 Å². The lowest BCUT2D eigenvalue weighted by Gasteiger charge is -2.27. The summed E-state index contributed by atoms with van der Waals surface area (Å²) >= 11 is 0. The molecule has 0 aliphatic rings. The summed E-state index contributed by atoms with van der Waals surface area (Å²) < 4.78 is 25.8. The summed E-state index contributed by atoms with van der Waals surface area (Å²) in [5.41, 5.74) is -0.647. The quantitative estimate of drug-likeness (QED) is 0.808. The van der Waals surface area contributed by atoms with Gasteiger partial charge < -0.3 is 10.4 Å². The van der Waals surface area contributed by atoms with Crippen LogP contribution >= 0.6 is 0 Å². The van der Waals surface area contributed by atoms with Crippen LogP contribution in [0, 0.1) is 11.6 Å². The van der Waals surface area contributed by atoms with Gasteiger partial charge in [-0.1, -0.05) is 6.92 Å². The maximum atomic E-state index is 13.2. The monoisotopic (exact) mass is 216 g/mol. The van der Waals surface area contributed by atoms with Crippen molar-refractivity contribution >= 4 is 5.82 Å². The van der Waals surface area contributed by atoms with Crippen molar-refractivity contribution in [1.82, 2.24) is 4.98 Å². The van der Waals surface area contributed by atoms with Gasteiger partial charge in [-0.05, 0) is 13.3 Å². The van der Waals surface area contributed by atoms with Gasteiger partial charge in [0.2, 0.25) is 0 Å². The summed E-state index contributed by atoms with van der Waals surface area (Å²) in [6.45, 7) is 3.43. The van der Waals surface area contributed by atoms with Crippen molar-refractivity contribution in [2.45, 2.75) is 25.8 Å². The third-order valence-electron chi connectivity index (χ3n) is 2.36. The first kappa shape index (κ1) is 11.8. The maximum absolute atomic E-state index is 13.2. The third kappa shape index (κ3) is 2.86. The van der Waals surface area contributed by atoms with Crippen LogP contribution in [0.15, 0.2) is 12.3 Å². The number of aromatic nitrogens is 1. The molecule has 0 aliphatic heterocycles. The molecule has 0 fully saturated rings. The number of hydrogen-bond donors (Lipinski definition) is 2. The van der Waals surface area contributed by atoms with Gasteiger partial charge in [0.1, 0.15) is 5.82 Å². The van der Waals surface area contributed by atoms with Crippen LogP contribution in [0.3, 0.4) is 0 Å². The molecule has 1 heterocycles. The molecule has 1 unspecified atom stereocenters. The van der Waals surface area contributed by atoms with Gasteiger partial charge in [-0.15, -0.1) is 0 Å². The summed E-state index contributed by atoms with van der Waals surface area (Å²) in [5, 5.41) is 11.9. The fraction of sp³-hybridized carbons (Fsp3) is 0.500. The van der Waals surface area contributed by atoms with Gasteiger partial charge in [0.05, 0.1) is 18.3 Å². The summed E-state index contributed by atoms with van der Waals surface area (Å²) in [6.07, 6.45) is 1.53. The molecule has 0 spiro atoms. The molecule has 1 rings (SSSR count). The molecule has 15 heavy (non-hydrogen) atoms. The Morgan fingerprint density at radius 3 is 2.67 bits per heavy atom. The minimum atomic E-state index is -0.761. The number of halogens is 2. The van der Waals surface area contributed by atoms with Crippen LogP contribution in [0.25, 0.3) is 0 Å². The Kier molecular flexibility index (Phi) is 3.57. The van der Waals surface area contributed by atoms with Gasteiger partial charge in [-0.2, -0.15) is 0 Å². The fourth-order valence-corrected chi connectivity index (χ4v) is 1.03. The molecule has 0 amide bonds. The van der Waals surface area contributed by atoms with E-state index < -0.39 is 17.2 Å². The zero-order valence-electron chi connectivity index (χ0n) is 8.72. The normalized spacial score (nSPS) is 14.7. The molecular formula is C10H14F2N2O. The number of nitrogens with one attached hydrogen (secondary N) is 1. The largest absolute Gasteiger partial charge is 0.394 e. The van der Waals surface area contributed by atoms with E-state index in [0.717, 1.165) is 12.3 Å². The molecule has 1 aromatic heterocycles. The second-order valence-corrected chi connectivity index (χ2v) is 3.68. The molecule has 0 saturated carbocycles. The topological polar surface area (TPSA) is 45.1 Å². The first-order valence-electron chi connectivity index (χ1n) is 4.71. The fourth-order valence-electron chi connectivity index (χ4n) is 1.03. The number of rotatable bonds is 4. The Labute approximate surface area is 87.2 Å². The lowest BCUT2D eigenvalue weighted by molar-refractivity contribution is 0.218. The molecular weight excluding hydrogens is 202 g/mol. The first-order chi connectivity index (χ1) is 7.00. The first-order valence-corrected chi connectivity index (χ1v) is 4.71. The van der Waals surface area contributed by atoms with E-state index in [1.807, 2.05) is 6.92 Å². The van der Waals surface area contributed by atoms with E-state index in [-0.39, 0.29) is 12.4 Å². The van der Waals surface area contributed by atoms with E-state index in [1.54, 1.807) is 6.92 Å². The van der Waals surface area contributed by atoms with Gasteiger partial charge in [0, 0.05) is 6.07 Å². The Morgan fingerprint density at radius 1 is 1.53 bits per heavy atom. The molecule has 84 valence electrons. The van der Waals surface area contributed by atoms with Crippen LogP contribution in [0.2, 0.25) is 0 Å². The second kappa shape index (κ2) is 4.53. The van der Waals surface area contributed by atoms with Crippen molar-refractivity contribution in [3.63, 3.8) is 0 Å². The van der Waals surface area contributed by atoms with Crippen molar-refractivity contribution in [3.05, 3.63) is 23.9 Å². The molecule has 0 aromatic carbocycles. The van der Waals surface area contributed by atoms with Crippen molar-refractivity contribution in [3.8, 4) is 0 Å². The molecule has 3 nitrogen and oxygen atoms in total. The minimum Gasteiger partial charge on any atom is -0.394 e. The molecule has 0 saturated heterocycles. The number of pyridine rings is 1. The summed E-state index contributed by atoms with van der Waals surface area (Å²) in [6, 6.07) is 0.753. The van der Waals surface area contributed by atoms with Crippen LogP contribution in [-0.4, -0.2) is 22.2 Å². The Hall–Kier alpha value is -1.23. The molecule has 5 heteroatoms. The van der Waals surface area contributed by atoms with Crippen molar-refractivity contribution in [2.75, 3.05) is 11.9 Å². The highest BCUT2D eigenvalue weighted by Gasteiger charge is 2.22. The van der Waals surface area contributed by atoms with Gasteiger partial charge in [-0.25, -0.2) is 13.8 Å². The Morgan fingerprint density at radius 2 is 2.20 bits per heavy atom. The molecule has 0 aliphatic carbocycles. The molecule has 0 bridgehead atoms. The minimum absolute atomic E-state index is 0.0465. The molecule has 0 radical (unpaired) electrons. The molecule has 1 aromatic rings.